The van der Waals surface area contributed by atoms with Crippen molar-refractivity contribution < 1.29 is 8.42 Å². The fourth-order valence-electron chi connectivity index (χ4n) is 2.69. The summed E-state index contributed by atoms with van der Waals surface area (Å²) >= 11 is 0. The van der Waals surface area contributed by atoms with Crippen LogP contribution in [-0.2, 0) is 10.2 Å². The maximum atomic E-state index is 12.5. The van der Waals surface area contributed by atoms with Crippen molar-refractivity contribution in [1.29, 1.82) is 0 Å². The van der Waals surface area contributed by atoms with Gasteiger partial charge in [-0.1, -0.05) is 0 Å². The highest BCUT2D eigenvalue weighted by molar-refractivity contribution is 7.86. The predicted octanol–water partition coefficient (Wildman–Crippen LogP) is 0.810. The van der Waals surface area contributed by atoms with Crippen LogP contribution in [0, 0.1) is 0 Å². The molecule has 0 radical (unpaired) electrons. The van der Waals surface area contributed by atoms with E-state index >= 15 is 0 Å². The topological polar surface area (TPSA) is 95.1 Å². The number of hydrogen-bond acceptors (Lipinski definition) is 5. The van der Waals surface area contributed by atoms with Gasteiger partial charge in [-0.2, -0.15) is 22.1 Å². The minimum atomic E-state index is -3.49. The molecule has 0 aromatic carbocycles. The van der Waals surface area contributed by atoms with E-state index in [1.807, 2.05) is 0 Å². The molecule has 9 heteroatoms. The fourth-order valence-corrected chi connectivity index (χ4v) is 3.99. The van der Waals surface area contributed by atoms with E-state index in [0.717, 1.165) is 18.5 Å². The van der Waals surface area contributed by atoms with Crippen LogP contribution in [-0.4, -0.2) is 57.8 Å². The molecule has 1 aliphatic heterocycles. The molecule has 1 atom stereocenters. The summed E-state index contributed by atoms with van der Waals surface area (Å²) in [6.07, 6.45) is 6.35. The summed E-state index contributed by atoms with van der Waals surface area (Å²) in [5.41, 5.74) is 2.04. The Bertz CT molecular complexity index is 744. The zero-order valence-corrected chi connectivity index (χ0v) is 13.3. The summed E-state index contributed by atoms with van der Waals surface area (Å²) in [6, 6.07) is 1.49. The highest BCUT2D eigenvalue weighted by Gasteiger charge is 2.38. The molecule has 1 fully saturated rings. The molecule has 3 rings (SSSR count). The van der Waals surface area contributed by atoms with Crippen LogP contribution in [0.2, 0.25) is 0 Å². The lowest BCUT2D eigenvalue weighted by atomic mass is 10.1. The lowest BCUT2D eigenvalue weighted by molar-refractivity contribution is 0.358. The highest BCUT2D eigenvalue weighted by Crippen LogP contribution is 2.37. The molecule has 0 saturated carbocycles. The average Bonchev–Trinajstić information content (AvgIpc) is 3.18. The van der Waals surface area contributed by atoms with E-state index in [9.17, 15) is 8.42 Å². The van der Waals surface area contributed by atoms with Crippen molar-refractivity contribution in [1.82, 2.24) is 28.8 Å². The van der Waals surface area contributed by atoms with Gasteiger partial charge < -0.3 is 0 Å². The molecule has 1 unspecified atom stereocenters. The molecule has 2 aromatic rings. The van der Waals surface area contributed by atoms with Crippen LogP contribution in [0.25, 0.3) is 11.4 Å². The molecule has 0 bridgehead atoms. The Balaban J connectivity index is 2.05. The van der Waals surface area contributed by atoms with Crippen LogP contribution >= 0.6 is 0 Å². The molecule has 1 saturated heterocycles. The van der Waals surface area contributed by atoms with E-state index in [4.69, 9.17) is 0 Å². The molecule has 2 aromatic heterocycles. The van der Waals surface area contributed by atoms with Gasteiger partial charge in [-0.05, 0) is 18.9 Å². The molecule has 3 heterocycles. The van der Waals surface area contributed by atoms with Crippen molar-refractivity contribution in [2.24, 2.45) is 0 Å². The lowest BCUT2D eigenvalue weighted by Gasteiger charge is -2.27. The van der Waals surface area contributed by atoms with Crippen molar-refractivity contribution in [3.05, 3.63) is 30.4 Å². The van der Waals surface area contributed by atoms with Crippen molar-refractivity contribution in [2.75, 3.05) is 20.6 Å². The standard InChI is InChI=1S/C13H18N6O2S/c1-18(2)22(20,21)19-9-3-4-11(19)13-12(14-7-8-15-13)10-5-6-16-17-10/h5-8,11H,3-4,9H2,1-2H3,(H,16,17). The molecular formula is C13H18N6O2S. The number of rotatable bonds is 4. The monoisotopic (exact) mass is 322 g/mol. The third kappa shape index (κ3) is 2.51. The molecule has 8 nitrogen and oxygen atoms in total. The predicted molar refractivity (Wildman–Crippen MR) is 80.9 cm³/mol. The van der Waals surface area contributed by atoms with Crippen LogP contribution < -0.4 is 0 Å². The van der Waals surface area contributed by atoms with Gasteiger partial charge in [0.1, 0.15) is 5.69 Å². The summed E-state index contributed by atoms with van der Waals surface area (Å²) in [4.78, 5) is 8.76. The number of nitrogens with one attached hydrogen (secondary N) is 1. The van der Waals surface area contributed by atoms with E-state index in [1.54, 1.807) is 24.7 Å². The normalized spacial score (nSPS) is 19.9. The Morgan fingerprint density at radius 3 is 2.73 bits per heavy atom. The molecule has 22 heavy (non-hydrogen) atoms. The van der Waals surface area contributed by atoms with Crippen molar-refractivity contribution >= 4 is 10.2 Å². The average molecular weight is 322 g/mol. The first-order valence-electron chi connectivity index (χ1n) is 7.02. The van der Waals surface area contributed by atoms with Gasteiger partial charge >= 0.3 is 0 Å². The molecule has 118 valence electrons. The summed E-state index contributed by atoms with van der Waals surface area (Å²) in [5, 5.41) is 6.79. The number of aromatic amines is 1. The second-order valence-corrected chi connectivity index (χ2v) is 7.41. The second kappa shape index (κ2) is 5.75. The van der Waals surface area contributed by atoms with Crippen LogP contribution in [0.5, 0.6) is 0 Å². The Morgan fingerprint density at radius 1 is 1.27 bits per heavy atom. The van der Waals surface area contributed by atoms with Crippen molar-refractivity contribution in [3.8, 4) is 11.4 Å². The fraction of sp³-hybridized carbons (Fsp3) is 0.462. The molecule has 1 aliphatic rings. The maximum Gasteiger partial charge on any atom is 0.282 e. The van der Waals surface area contributed by atoms with Crippen LogP contribution in [0.4, 0.5) is 0 Å². The zero-order chi connectivity index (χ0) is 15.7. The maximum absolute atomic E-state index is 12.5. The van der Waals surface area contributed by atoms with Gasteiger partial charge in [0.25, 0.3) is 10.2 Å². The SMILES string of the molecule is CN(C)S(=O)(=O)N1CCCC1c1nccnc1-c1ccn[nH]1. The van der Waals surface area contributed by atoms with Gasteiger partial charge in [0.05, 0.1) is 17.4 Å². The lowest BCUT2D eigenvalue weighted by Crippen LogP contribution is -2.39. The molecular weight excluding hydrogens is 304 g/mol. The van der Waals surface area contributed by atoms with Gasteiger partial charge in [-0.15, -0.1) is 0 Å². The third-order valence-electron chi connectivity index (χ3n) is 3.76. The largest absolute Gasteiger partial charge is 0.282 e. The Morgan fingerprint density at radius 2 is 2.05 bits per heavy atom. The number of nitrogens with zero attached hydrogens (tertiary/aromatic N) is 5. The van der Waals surface area contributed by atoms with Gasteiger partial charge in [0, 0.05) is 39.2 Å². The Labute approximate surface area is 129 Å². The van der Waals surface area contributed by atoms with E-state index in [2.05, 4.69) is 20.2 Å². The van der Waals surface area contributed by atoms with Crippen molar-refractivity contribution in [3.63, 3.8) is 0 Å². The van der Waals surface area contributed by atoms with E-state index in [0.29, 0.717) is 17.9 Å². The quantitative estimate of drug-likeness (QED) is 0.899. The third-order valence-corrected chi connectivity index (χ3v) is 5.71. The van der Waals surface area contributed by atoms with E-state index in [-0.39, 0.29) is 6.04 Å². The first kappa shape index (κ1) is 15.1. The van der Waals surface area contributed by atoms with Crippen LogP contribution in [0.1, 0.15) is 24.6 Å². The van der Waals surface area contributed by atoms with Crippen LogP contribution in [0.15, 0.2) is 24.7 Å². The smallest absolute Gasteiger partial charge is 0.276 e. The number of hydrogen-bond donors (Lipinski definition) is 1. The van der Waals surface area contributed by atoms with Gasteiger partial charge in [0.2, 0.25) is 0 Å². The van der Waals surface area contributed by atoms with E-state index < -0.39 is 10.2 Å². The molecule has 0 amide bonds. The summed E-state index contributed by atoms with van der Waals surface area (Å²) in [7, 11) is -0.409. The second-order valence-electron chi connectivity index (χ2n) is 5.32. The summed E-state index contributed by atoms with van der Waals surface area (Å²) in [5.74, 6) is 0. The Hall–Kier alpha value is -1.84. The van der Waals surface area contributed by atoms with E-state index in [1.165, 1.54) is 22.7 Å². The molecule has 1 N–H and O–H groups in total. The van der Waals surface area contributed by atoms with Gasteiger partial charge in [-0.3, -0.25) is 15.1 Å². The minimum absolute atomic E-state index is 0.306. The number of H-pyrrole nitrogens is 1. The minimum Gasteiger partial charge on any atom is -0.276 e. The first-order chi connectivity index (χ1) is 10.5. The van der Waals surface area contributed by atoms with Crippen molar-refractivity contribution in [2.45, 2.75) is 18.9 Å². The molecule has 0 spiro atoms. The highest BCUT2D eigenvalue weighted by atomic mass is 32.2. The molecule has 0 aliphatic carbocycles. The first-order valence-corrected chi connectivity index (χ1v) is 8.41. The van der Waals surface area contributed by atoms with Gasteiger partial charge in [-0.25, -0.2) is 0 Å². The van der Waals surface area contributed by atoms with Crippen LogP contribution in [0.3, 0.4) is 0 Å². The number of aromatic nitrogens is 4. The Kier molecular flexibility index (Phi) is 3.94. The summed E-state index contributed by atoms with van der Waals surface area (Å²) in [6.45, 7) is 0.490. The zero-order valence-electron chi connectivity index (χ0n) is 12.5. The summed E-state index contributed by atoms with van der Waals surface area (Å²) < 4.78 is 27.7. The van der Waals surface area contributed by atoms with Gasteiger partial charge in [0.15, 0.2) is 0 Å².